The van der Waals surface area contributed by atoms with Gasteiger partial charge in [-0.3, -0.25) is 14.5 Å². The molecule has 1 heterocycles. The number of para-hydroxylation sites is 2. The first kappa shape index (κ1) is 21.1. The Labute approximate surface area is 175 Å². The third-order valence-electron chi connectivity index (χ3n) is 5.45. The van der Waals surface area contributed by atoms with Gasteiger partial charge in [0.25, 0.3) is 0 Å². The average molecular weight is 416 g/mol. The van der Waals surface area contributed by atoms with E-state index < -0.39 is 0 Å². The van der Waals surface area contributed by atoms with E-state index in [2.05, 4.69) is 15.5 Å². The fourth-order valence-corrected chi connectivity index (χ4v) is 3.67. The summed E-state index contributed by atoms with van der Waals surface area (Å²) in [7, 11) is 0. The van der Waals surface area contributed by atoms with Crippen LogP contribution in [0.15, 0.2) is 42.5 Å². The quantitative estimate of drug-likeness (QED) is 0.644. The highest BCUT2D eigenvalue weighted by Crippen LogP contribution is 2.26. The van der Waals surface area contributed by atoms with Crippen LogP contribution in [0.2, 0.25) is 5.02 Å². The summed E-state index contributed by atoms with van der Waals surface area (Å²) in [6.07, 6.45) is 1.32. The molecule has 2 aromatic carbocycles. The van der Waals surface area contributed by atoms with Crippen LogP contribution in [0, 0.1) is 12.8 Å². The number of rotatable bonds is 5. The highest BCUT2D eigenvalue weighted by molar-refractivity contribution is 6.31. The minimum absolute atomic E-state index is 0.0555. The molecule has 0 radical (unpaired) electrons. The van der Waals surface area contributed by atoms with Crippen LogP contribution in [0.5, 0.6) is 5.75 Å². The minimum atomic E-state index is -0.310. The zero-order chi connectivity index (χ0) is 21.0. The van der Waals surface area contributed by atoms with Crippen LogP contribution in [-0.4, -0.2) is 41.0 Å². The fourth-order valence-electron chi connectivity index (χ4n) is 3.49. The number of nitrogens with one attached hydrogen (secondary N) is 2. The second kappa shape index (κ2) is 9.29. The van der Waals surface area contributed by atoms with Gasteiger partial charge in [0.2, 0.25) is 11.8 Å². The molecule has 154 valence electrons. The van der Waals surface area contributed by atoms with Crippen LogP contribution in [0.4, 0.5) is 11.4 Å². The van der Waals surface area contributed by atoms with Gasteiger partial charge in [-0.25, -0.2) is 0 Å². The molecule has 1 saturated heterocycles. The number of likely N-dealkylation sites (tertiary alicyclic amines) is 1. The number of hydrogen-bond donors (Lipinski definition) is 3. The Morgan fingerprint density at radius 2 is 1.79 bits per heavy atom. The first-order chi connectivity index (χ1) is 13.8. The van der Waals surface area contributed by atoms with Gasteiger partial charge < -0.3 is 15.7 Å². The molecule has 0 spiro atoms. The minimum Gasteiger partial charge on any atom is -0.506 e. The molecule has 0 aromatic heterocycles. The summed E-state index contributed by atoms with van der Waals surface area (Å²) in [5.41, 5.74) is 2.09. The SMILES string of the molecule is Cc1ccc(Cl)cc1NC(=O)[C@H](C)N1CCC(C(=O)Nc2ccccc2O)CC1. The van der Waals surface area contributed by atoms with Gasteiger partial charge in [0.15, 0.2) is 0 Å². The Morgan fingerprint density at radius 3 is 2.48 bits per heavy atom. The van der Waals surface area contributed by atoms with Gasteiger partial charge in [-0.2, -0.15) is 0 Å². The Hall–Kier alpha value is -2.57. The smallest absolute Gasteiger partial charge is 0.241 e. The number of hydrogen-bond acceptors (Lipinski definition) is 4. The maximum absolute atomic E-state index is 12.7. The molecule has 2 aromatic rings. The Morgan fingerprint density at radius 1 is 1.10 bits per heavy atom. The van der Waals surface area contributed by atoms with Crippen LogP contribution in [0.25, 0.3) is 0 Å². The molecule has 3 rings (SSSR count). The summed E-state index contributed by atoms with van der Waals surface area (Å²) < 4.78 is 0. The predicted octanol–water partition coefficient (Wildman–Crippen LogP) is 4.03. The average Bonchev–Trinajstić information content (AvgIpc) is 2.72. The number of amides is 2. The number of carbonyl (C=O) groups excluding carboxylic acids is 2. The molecule has 1 aliphatic rings. The second-order valence-electron chi connectivity index (χ2n) is 7.44. The lowest BCUT2D eigenvalue weighted by Gasteiger charge is -2.34. The lowest BCUT2D eigenvalue weighted by Crippen LogP contribution is -2.47. The van der Waals surface area contributed by atoms with Gasteiger partial charge in [0, 0.05) is 16.6 Å². The van der Waals surface area contributed by atoms with E-state index in [1.165, 1.54) is 0 Å². The third-order valence-corrected chi connectivity index (χ3v) is 5.68. The molecule has 0 unspecified atom stereocenters. The maximum Gasteiger partial charge on any atom is 0.241 e. The van der Waals surface area contributed by atoms with Crippen LogP contribution >= 0.6 is 11.6 Å². The van der Waals surface area contributed by atoms with Crippen molar-refractivity contribution in [3.05, 3.63) is 53.1 Å². The van der Waals surface area contributed by atoms with Gasteiger partial charge in [0.05, 0.1) is 11.7 Å². The lowest BCUT2D eigenvalue weighted by molar-refractivity contribution is -0.123. The van der Waals surface area contributed by atoms with Gasteiger partial charge in [-0.05, 0) is 69.6 Å². The van der Waals surface area contributed by atoms with Crippen molar-refractivity contribution in [3.63, 3.8) is 0 Å². The summed E-state index contributed by atoms with van der Waals surface area (Å²) in [6.45, 7) is 5.10. The number of piperidine rings is 1. The molecule has 1 atom stereocenters. The first-order valence-corrected chi connectivity index (χ1v) is 10.1. The van der Waals surface area contributed by atoms with Crippen LogP contribution in [0.3, 0.4) is 0 Å². The van der Waals surface area contributed by atoms with E-state index in [1.54, 1.807) is 36.4 Å². The monoisotopic (exact) mass is 415 g/mol. The first-order valence-electron chi connectivity index (χ1n) is 9.75. The van der Waals surface area contributed by atoms with Crippen LogP contribution in [-0.2, 0) is 9.59 Å². The van der Waals surface area contributed by atoms with E-state index in [-0.39, 0.29) is 29.5 Å². The number of anilines is 2. The molecule has 0 saturated carbocycles. The van der Waals surface area contributed by atoms with E-state index >= 15 is 0 Å². The van der Waals surface area contributed by atoms with Gasteiger partial charge in [-0.15, -0.1) is 0 Å². The highest BCUT2D eigenvalue weighted by Gasteiger charge is 2.30. The summed E-state index contributed by atoms with van der Waals surface area (Å²) in [5.74, 6) is -0.276. The molecular weight excluding hydrogens is 390 g/mol. The van der Waals surface area contributed by atoms with E-state index in [9.17, 15) is 14.7 Å². The molecule has 6 nitrogen and oxygen atoms in total. The van der Waals surface area contributed by atoms with E-state index in [1.807, 2.05) is 19.9 Å². The number of phenolic OH excluding ortho intramolecular Hbond substituents is 1. The summed E-state index contributed by atoms with van der Waals surface area (Å²) in [6, 6.07) is 11.8. The van der Waals surface area contributed by atoms with Crippen molar-refractivity contribution in [3.8, 4) is 5.75 Å². The number of benzene rings is 2. The normalized spacial score (nSPS) is 16.2. The van der Waals surface area contributed by atoms with E-state index in [4.69, 9.17) is 11.6 Å². The number of aryl methyl sites for hydroxylation is 1. The molecular formula is C22H26ClN3O3. The molecule has 2 amide bonds. The number of nitrogens with zero attached hydrogens (tertiary/aromatic N) is 1. The standard InChI is InChI=1S/C22H26ClN3O3/c1-14-7-8-17(23)13-19(14)25-21(28)15(2)26-11-9-16(10-12-26)22(29)24-18-5-3-4-6-20(18)27/h3-8,13,15-16,27H,9-12H2,1-2H3,(H,24,29)(H,25,28)/t15-/m0/s1. The van der Waals surface area contributed by atoms with Crippen molar-refractivity contribution in [1.29, 1.82) is 0 Å². The van der Waals surface area contributed by atoms with Crippen molar-refractivity contribution in [2.75, 3.05) is 23.7 Å². The van der Waals surface area contributed by atoms with Crippen LogP contribution in [0.1, 0.15) is 25.3 Å². The Kier molecular flexibility index (Phi) is 6.77. The van der Waals surface area contributed by atoms with E-state index in [0.717, 1.165) is 5.56 Å². The summed E-state index contributed by atoms with van der Waals surface area (Å²) in [4.78, 5) is 27.3. The highest BCUT2D eigenvalue weighted by atomic mass is 35.5. The number of carbonyl (C=O) groups is 2. The molecule has 29 heavy (non-hydrogen) atoms. The zero-order valence-electron chi connectivity index (χ0n) is 16.6. The van der Waals surface area contributed by atoms with Crippen LogP contribution < -0.4 is 10.6 Å². The van der Waals surface area contributed by atoms with Crippen molar-refractivity contribution in [2.45, 2.75) is 32.7 Å². The predicted molar refractivity (Wildman–Crippen MR) is 115 cm³/mol. The number of phenols is 1. The third kappa shape index (κ3) is 5.28. The fraction of sp³-hybridized carbons (Fsp3) is 0.364. The second-order valence-corrected chi connectivity index (χ2v) is 7.88. The van der Waals surface area contributed by atoms with Gasteiger partial charge in [-0.1, -0.05) is 29.8 Å². The zero-order valence-corrected chi connectivity index (χ0v) is 17.4. The lowest BCUT2D eigenvalue weighted by atomic mass is 9.94. The van der Waals surface area contributed by atoms with Crippen molar-refractivity contribution in [2.24, 2.45) is 5.92 Å². The largest absolute Gasteiger partial charge is 0.506 e. The summed E-state index contributed by atoms with van der Waals surface area (Å²) in [5, 5.41) is 16.1. The summed E-state index contributed by atoms with van der Waals surface area (Å²) >= 11 is 6.03. The molecule has 7 heteroatoms. The van der Waals surface area contributed by atoms with E-state index in [0.29, 0.717) is 42.3 Å². The molecule has 0 bridgehead atoms. The van der Waals surface area contributed by atoms with Crippen molar-refractivity contribution >= 4 is 34.8 Å². The number of halogens is 1. The topological polar surface area (TPSA) is 81.7 Å². The maximum atomic E-state index is 12.7. The number of aromatic hydroxyl groups is 1. The van der Waals surface area contributed by atoms with Gasteiger partial charge >= 0.3 is 0 Å². The molecule has 0 aliphatic carbocycles. The molecule has 1 fully saturated rings. The van der Waals surface area contributed by atoms with Gasteiger partial charge in [0.1, 0.15) is 5.75 Å². The Bertz CT molecular complexity index is 895. The van der Waals surface area contributed by atoms with Crippen molar-refractivity contribution < 1.29 is 14.7 Å². The Balaban J connectivity index is 1.53. The van der Waals surface area contributed by atoms with Crippen molar-refractivity contribution in [1.82, 2.24) is 4.90 Å². The molecule has 3 N–H and O–H groups in total. The molecule has 1 aliphatic heterocycles.